The largest absolute Gasteiger partial charge is 0.326 e. The number of imide groups is 1. The van der Waals surface area contributed by atoms with Crippen LogP contribution < -0.4 is 5.73 Å². The molecule has 2 aliphatic rings. The lowest BCUT2D eigenvalue weighted by atomic mass is 9.90. The molecular weight excluding hydrogens is 204 g/mol. The first-order valence-electron chi connectivity index (χ1n) is 6.16. The highest BCUT2D eigenvalue weighted by molar-refractivity contribution is 6.05. The quantitative estimate of drug-likeness (QED) is 0.673. The van der Waals surface area contributed by atoms with Crippen LogP contribution in [0.1, 0.15) is 39.5 Å². The van der Waals surface area contributed by atoms with Gasteiger partial charge in [-0.15, -0.1) is 0 Å². The summed E-state index contributed by atoms with van der Waals surface area (Å²) in [5.41, 5.74) is 6.03. The summed E-state index contributed by atoms with van der Waals surface area (Å²) in [6, 6.07) is -0.0831. The molecule has 4 heteroatoms. The zero-order valence-corrected chi connectivity index (χ0v) is 9.98. The predicted molar refractivity (Wildman–Crippen MR) is 60.4 cm³/mol. The van der Waals surface area contributed by atoms with E-state index >= 15 is 0 Å². The first kappa shape index (κ1) is 11.6. The average molecular weight is 224 g/mol. The molecule has 90 valence electrons. The van der Waals surface area contributed by atoms with Gasteiger partial charge in [0.25, 0.3) is 0 Å². The van der Waals surface area contributed by atoms with Gasteiger partial charge in [-0.05, 0) is 12.8 Å². The fourth-order valence-electron chi connectivity index (χ4n) is 2.76. The summed E-state index contributed by atoms with van der Waals surface area (Å²) in [5, 5.41) is 0. The van der Waals surface area contributed by atoms with Crippen molar-refractivity contribution in [1.82, 2.24) is 4.90 Å². The lowest BCUT2D eigenvalue weighted by Crippen LogP contribution is -2.52. The Morgan fingerprint density at radius 2 is 1.56 bits per heavy atom. The fraction of sp³-hybridized carbons (Fsp3) is 0.833. The van der Waals surface area contributed by atoms with E-state index in [0.717, 1.165) is 25.7 Å². The van der Waals surface area contributed by atoms with Crippen LogP contribution in [0.4, 0.5) is 0 Å². The van der Waals surface area contributed by atoms with Gasteiger partial charge in [0.05, 0.1) is 6.04 Å². The maximum atomic E-state index is 12.0. The van der Waals surface area contributed by atoms with Crippen molar-refractivity contribution in [2.75, 3.05) is 0 Å². The monoisotopic (exact) mass is 224 g/mol. The predicted octanol–water partition coefficient (Wildman–Crippen LogP) is 0.897. The van der Waals surface area contributed by atoms with Gasteiger partial charge in [-0.25, -0.2) is 0 Å². The third-order valence-corrected chi connectivity index (χ3v) is 4.12. The van der Waals surface area contributed by atoms with Crippen LogP contribution in [0.15, 0.2) is 0 Å². The molecule has 1 saturated carbocycles. The Hall–Kier alpha value is -0.900. The van der Waals surface area contributed by atoms with Crippen LogP contribution in [-0.2, 0) is 9.59 Å². The van der Waals surface area contributed by atoms with Gasteiger partial charge in [0.2, 0.25) is 11.8 Å². The van der Waals surface area contributed by atoms with E-state index in [2.05, 4.69) is 0 Å². The maximum Gasteiger partial charge on any atom is 0.233 e. The highest BCUT2D eigenvalue weighted by Crippen LogP contribution is 2.32. The molecule has 1 saturated heterocycles. The van der Waals surface area contributed by atoms with Crippen molar-refractivity contribution in [3.8, 4) is 0 Å². The first-order valence-corrected chi connectivity index (χ1v) is 6.16. The van der Waals surface area contributed by atoms with Gasteiger partial charge in [0.1, 0.15) is 0 Å². The Bertz CT molecular complexity index is 296. The van der Waals surface area contributed by atoms with E-state index in [1.807, 2.05) is 13.8 Å². The van der Waals surface area contributed by atoms with Gasteiger partial charge in [0, 0.05) is 17.9 Å². The first-order chi connectivity index (χ1) is 7.54. The molecule has 4 atom stereocenters. The number of hydrogen-bond acceptors (Lipinski definition) is 3. The number of nitrogens with zero attached hydrogens (tertiary/aromatic N) is 1. The Morgan fingerprint density at radius 1 is 1.06 bits per heavy atom. The lowest BCUT2D eigenvalue weighted by Gasteiger charge is -2.34. The molecule has 0 spiro atoms. The maximum absolute atomic E-state index is 12.0. The summed E-state index contributed by atoms with van der Waals surface area (Å²) in [7, 11) is 0. The number of nitrogens with two attached hydrogens (primary N) is 1. The molecule has 2 N–H and O–H groups in total. The van der Waals surface area contributed by atoms with Crippen LogP contribution in [0, 0.1) is 11.8 Å². The Labute approximate surface area is 96.2 Å². The molecule has 2 amide bonds. The summed E-state index contributed by atoms with van der Waals surface area (Å²) < 4.78 is 0. The number of carbonyl (C=O) groups is 2. The lowest BCUT2D eigenvalue weighted by molar-refractivity contribution is -0.143. The number of carbonyl (C=O) groups excluding carboxylic acids is 2. The van der Waals surface area contributed by atoms with Crippen LogP contribution in [0.5, 0.6) is 0 Å². The van der Waals surface area contributed by atoms with E-state index in [-0.39, 0.29) is 35.7 Å². The second kappa shape index (κ2) is 4.17. The smallest absolute Gasteiger partial charge is 0.233 e. The second-order valence-corrected chi connectivity index (χ2v) is 5.14. The van der Waals surface area contributed by atoms with Crippen LogP contribution in [0.3, 0.4) is 0 Å². The van der Waals surface area contributed by atoms with Crippen molar-refractivity contribution in [3.63, 3.8) is 0 Å². The van der Waals surface area contributed by atoms with Crippen LogP contribution in [-0.4, -0.2) is 28.8 Å². The third kappa shape index (κ3) is 1.65. The standard InChI is InChI=1S/C12H20N2O2/c1-7-8(2)12(16)14(11(7)15)10-6-4-3-5-9(10)13/h7-10H,3-6,13H2,1-2H3. The molecule has 0 radical (unpaired) electrons. The van der Waals surface area contributed by atoms with Crippen molar-refractivity contribution in [3.05, 3.63) is 0 Å². The van der Waals surface area contributed by atoms with Crippen LogP contribution >= 0.6 is 0 Å². The molecule has 4 nitrogen and oxygen atoms in total. The molecule has 1 aliphatic heterocycles. The third-order valence-electron chi connectivity index (χ3n) is 4.12. The van der Waals surface area contributed by atoms with Crippen molar-refractivity contribution >= 4 is 11.8 Å². The van der Waals surface area contributed by atoms with E-state index in [1.165, 1.54) is 4.90 Å². The number of hydrogen-bond donors (Lipinski definition) is 1. The minimum Gasteiger partial charge on any atom is -0.326 e. The van der Waals surface area contributed by atoms with E-state index in [4.69, 9.17) is 5.73 Å². The van der Waals surface area contributed by atoms with Crippen LogP contribution in [0.25, 0.3) is 0 Å². The molecule has 2 fully saturated rings. The number of likely N-dealkylation sites (tertiary alicyclic amines) is 1. The highest BCUT2D eigenvalue weighted by Gasteiger charge is 2.47. The topological polar surface area (TPSA) is 63.4 Å². The Balaban J connectivity index is 2.20. The van der Waals surface area contributed by atoms with Gasteiger partial charge in [-0.2, -0.15) is 0 Å². The molecule has 0 aromatic rings. The Morgan fingerprint density at radius 3 is 2.06 bits per heavy atom. The SMILES string of the molecule is CC1C(=O)N(C2CCCCC2N)C(=O)C1C. The molecule has 1 heterocycles. The van der Waals surface area contributed by atoms with E-state index in [0.29, 0.717) is 0 Å². The van der Waals surface area contributed by atoms with Crippen molar-refractivity contribution < 1.29 is 9.59 Å². The number of amides is 2. The number of rotatable bonds is 1. The molecule has 0 aromatic carbocycles. The normalized spacial score (nSPS) is 40.6. The van der Waals surface area contributed by atoms with Crippen molar-refractivity contribution in [1.29, 1.82) is 0 Å². The molecule has 0 bridgehead atoms. The summed E-state index contributed by atoms with van der Waals surface area (Å²) in [5.74, 6) is -0.414. The summed E-state index contributed by atoms with van der Waals surface area (Å²) in [6.45, 7) is 3.67. The fourth-order valence-corrected chi connectivity index (χ4v) is 2.76. The molecule has 1 aliphatic carbocycles. The zero-order chi connectivity index (χ0) is 11.9. The highest BCUT2D eigenvalue weighted by atomic mass is 16.2. The molecule has 0 aromatic heterocycles. The minimum atomic E-state index is -0.179. The summed E-state index contributed by atoms with van der Waals surface area (Å²) in [4.78, 5) is 25.5. The van der Waals surface area contributed by atoms with Gasteiger partial charge in [-0.1, -0.05) is 26.7 Å². The molecule has 16 heavy (non-hydrogen) atoms. The van der Waals surface area contributed by atoms with E-state index in [1.54, 1.807) is 0 Å². The van der Waals surface area contributed by atoms with Gasteiger partial charge < -0.3 is 5.73 Å². The summed E-state index contributed by atoms with van der Waals surface area (Å²) >= 11 is 0. The Kier molecular flexibility index (Phi) is 3.02. The second-order valence-electron chi connectivity index (χ2n) is 5.14. The van der Waals surface area contributed by atoms with Crippen molar-refractivity contribution in [2.24, 2.45) is 17.6 Å². The average Bonchev–Trinajstić information content (AvgIpc) is 2.45. The molecule has 2 rings (SSSR count). The molecular formula is C12H20N2O2. The molecule has 4 unspecified atom stereocenters. The van der Waals surface area contributed by atoms with Gasteiger partial charge >= 0.3 is 0 Å². The van der Waals surface area contributed by atoms with E-state index in [9.17, 15) is 9.59 Å². The van der Waals surface area contributed by atoms with E-state index < -0.39 is 0 Å². The van der Waals surface area contributed by atoms with Gasteiger partial charge in [-0.3, -0.25) is 14.5 Å². The minimum absolute atomic E-state index is 0.0279. The van der Waals surface area contributed by atoms with Gasteiger partial charge in [0.15, 0.2) is 0 Å². The zero-order valence-electron chi connectivity index (χ0n) is 9.98. The van der Waals surface area contributed by atoms with Crippen molar-refractivity contribution in [2.45, 2.75) is 51.6 Å². The summed E-state index contributed by atoms with van der Waals surface area (Å²) in [6.07, 6.45) is 3.97. The van der Waals surface area contributed by atoms with Crippen LogP contribution in [0.2, 0.25) is 0 Å².